The number of carbonyl (C=O) groups excluding carboxylic acids is 3. The van der Waals surface area contributed by atoms with Crippen LogP contribution in [0.1, 0.15) is 62.1 Å². The van der Waals surface area contributed by atoms with E-state index in [0.717, 1.165) is 4.57 Å². The summed E-state index contributed by atoms with van der Waals surface area (Å²) in [5, 5.41) is 0. The first-order valence-electron chi connectivity index (χ1n) is 14.5. The van der Waals surface area contributed by atoms with Gasteiger partial charge >= 0.3 is 17.6 Å². The van der Waals surface area contributed by atoms with Gasteiger partial charge in [-0.05, 0) is 55.7 Å². The average Bonchev–Trinajstić information content (AvgIpc) is 3.47. The third kappa shape index (κ3) is 7.32. The molecule has 0 bridgehead atoms. The molecule has 1 aromatic heterocycles. The van der Waals surface area contributed by atoms with Gasteiger partial charge in [0.1, 0.15) is 25.0 Å². The van der Waals surface area contributed by atoms with Gasteiger partial charge in [0.2, 0.25) is 0 Å². The van der Waals surface area contributed by atoms with E-state index >= 15 is 0 Å². The largest absolute Gasteiger partial charge is 0.459 e. The molecule has 0 spiro atoms. The Morgan fingerprint density at radius 1 is 0.800 bits per heavy atom. The molecular formula is C34H31FN2O8. The number of carbonyl (C=O) groups is 3. The third-order valence-electron chi connectivity index (χ3n) is 7.39. The molecule has 1 aliphatic heterocycles. The molecule has 11 heteroatoms. The number of alkyl halides is 1. The van der Waals surface area contributed by atoms with E-state index in [-0.39, 0.29) is 42.6 Å². The predicted octanol–water partition coefficient (Wildman–Crippen LogP) is 4.36. The Hall–Kier alpha value is -5.16. The Morgan fingerprint density at radius 3 is 1.98 bits per heavy atom. The number of ether oxygens (including phenoxy) is 3. The van der Waals surface area contributed by atoms with E-state index in [4.69, 9.17) is 14.2 Å². The summed E-state index contributed by atoms with van der Waals surface area (Å²) in [6.45, 7) is -0.891. The minimum Gasteiger partial charge on any atom is -0.459 e. The summed E-state index contributed by atoms with van der Waals surface area (Å²) in [6.07, 6.45) is -1.17. The lowest BCUT2D eigenvalue weighted by molar-refractivity contribution is -0.0585. The first-order chi connectivity index (χ1) is 21.9. The summed E-state index contributed by atoms with van der Waals surface area (Å²) in [5.41, 5.74) is -0.920. The van der Waals surface area contributed by atoms with Gasteiger partial charge in [-0.1, -0.05) is 54.6 Å². The zero-order chi connectivity index (χ0) is 31.8. The molecule has 4 aromatic rings. The summed E-state index contributed by atoms with van der Waals surface area (Å²) in [7, 11) is 0. The van der Waals surface area contributed by atoms with Crippen LogP contribution in [0.3, 0.4) is 0 Å². The van der Waals surface area contributed by atoms with Crippen LogP contribution in [0.15, 0.2) is 107 Å². The molecule has 3 aromatic carbocycles. The fourth-order valence-electron chi connectivity index (χ4n) is 5.04. The van der Waals surface area contributed by atoms with Gasteiger partial charge in [0.05, 0.1) is 17.8 Å². The summed E-state index contributed by atoms with van der Waals surface area (Å²) < 4.78 is 31.9. The Labute approximate surface area is 257 Å². The molecule has 10 nitrogen and oxygen atoms in total. The second-order valence-corrected chi connectivity index (χ2v) is 10.4. The molecule has 3 atom stereocenters. The molecule has 5 rings (SSSR count). The fraction of sp³-hybridized carbons (Fsp3) is 0.265. The molecule has 0 aliphatic carbocycles. The van der Waals surface area contributed by atoms with E-state index in [9.17, 15) is 28.4 Å². The van der Waals surface area contributed by atoms with Gasteiger partial charge in [0.15, 0.2) is 0 Å². The van der Waals surface area contributed by atoms with E-state index in [1.54, 1.807) is 78.9 Å². The second-order valence-electron chi connectivity index (χ2n) is 10.4. The number of hydrogen-bond acceptors (Lipinski definition) is 8. The van der Waals surface area contributed by atoms with E-state index in [2.05, 4.69) is 0 Å². The SMILES string of the molecule is O=C(OC[C@H]1O[C@@H](n2cc(CCCCF)c(=O)n(C(=O)c3ccccc3)c2=O)C[C@@H]1OC(=O)c1ccccc1)c1ccccc1. The van der Waals surface area contributed by atoms with Crippen LogP contribution in [-0.2, 0) is 20.6 Å². The molecule has 232 valence electrons. The van der Waals surface area contributed by atoms with Crippen LogP contribution in [0, 0.1) is 0 Å². The quantitative estimate of drug-likeness (QED) is 0.180. The Morgan fingerprint density at radius 2 is 1.38 bits per heavy atom. The topological polar surface area (TPSA) is 123 Å². The highest BCUT2D eigenvalue weighted by molar-refractivity contribution is 5.95. The molecule has 2 heterocycles. The predicted molar refractivity (Wildman–Crippen MR) is 161 cm³/mol. The van der Waals surface area contributed by atoms with Crippen molar-refractivity contribution >= 4 is 17.8 Å². The van der Waals surface area contributed by atoms with Crippen LogP contribution in [0.2, 0.25) is 0 Å². The lowest BCUT2D eigenvalue weighted by atomic mass is 10.1. The number of halogens is 1. The Kier molecular flexibility index (Phi) is 10.1. The van der Waals surface area contributed by atoms with Crippen LogP contribution in [0.4, 0.5) is 4.39 Å². The fourth-order valence-corrected chi connectivity index (χ4v) is 5.04. The van der Waals surface area contributed by atoms with Crippen molar-refractivity contribution < 1.29 is 33.0 Å². The summed E-state index contributed by atoms with van der Waals surface area (Å²) in [5.74, 6) is -2.09. The highest BCUT2D eigenvalue weighted by Crippen LogP contribution is 2.31. The van der Waals surface area contributed by atoms with Gasteiger partial charge in [0.25, 0.3) is 11.5 Å². The minimum atomic E-state index is -1.10. The van der Waals surface area contributed by atoms with Crippen molar-refractivity contribution in [3.8, 4) is 0 Å². The van der Waals surface area contributed by atoms with Crippen molar-refractivity contribution in [3.63, 3.8) is 0 Å². The van der Waals surface area contributed by atoms with Gasteiger partial charge in [-0.15, -0.1) is 0 Å². The molecule has 1 saturated heterocycles. The molecule has 0 N–H and O–H groups in total. The number of unbranched alkanes of at least 4 members (excludes halogenated alkanes) is 1. The van der Waals surface area contributed by atoms with Gasteiger partial charge in [-0.2, -0.15) is 4.57 Å². The third-order valence-corrected chi connectivity index (χ3v) is 7.39. The summed E-state index contributed by atoms with van der Waals surface area (Å²) in [4.78, 5) is 66.2. The van der Waals surface area contributed by atoms with Crippen molar-refractivity contribution in [2.75, 3.05) is 13.3 Å². The van der Waals surface area contributed by atoms with Gasteiger partial charge in [-0.25, -0.2) is 14.4 Å². The van der Waals surface area contributed by atoms with Crippen molar-refractivity contribution in [1.29, 1.82) is 0 Å². The lowest BCUT2D eigenvalue weighted by Gasteiger charge is -2.19. The molecular weight excluding hydrogens is 583 g/mol. The van der Waals surface area contributed by atoms with Crippen molar-refractivity contribution in [2.45, 2.75) is 44.1 Å². The Balaban J connectivity index is 1.48. The van der Waals surface area contributed by atoms with Crippen LogP contribution in [0.25, 0.3) is 0 Å². The molecule has 0 amide bonds. The van der Waals surface area contributed by atoms with Crippen molar-refractivity contribution in [3.05, 3.63) is 140 Å². The first kappa shape index (κ1) is 31.3. The zero-order valence-corrected chi connectivity index (χ0v) is 24.3. The second kappa shape index (κ2) is 14.5. The molecule has 0 unspecified atom stereocenters. The number of aromatic nitrogens is 2. The highest BCUT2D eigenvalue weighted by Gasteiger charge is 2.41. The number of esters is 2. The van der Waals surface area contributed by atoms with Crippen LogP contribution in [0.5, 0.6) is 0 Å². The molecule has 1 aliphatic rings. The van der Waals surface area contributed by atoms with Gasteiger partial charge in [0, 0.05) is 23.7 Å². The number of benzene rings is 3. The highest BCUT2D eigenvalue weighted by atomic mass is 19.1. The number of aryl methyl sites for hydroxylation is 1. The number of rotatable bonds is 11. The average molecular weight is 615 g/mol. The van der Waals surface area contributed by atoms with E-state index in [1.165, 1.54) is 18.3 Å². The van der Waals surface area contributed by atoms with Crippen molar-refractivity contribution in [1.82, 2.24) is 9.13 Å². The maximum absolute atomic E-state index is 13.8. The monoisotopic (exact) mass is 614 g/mol. The van der Waals surface area contributed by atoms with E-state index in [1.807, 2.05) is 0 Å². The van der Waals surface area contributed by atoms with Crippen LogP contribution in [-0.4, -0.2) is 52.5 Å². The van der Waals surface area contributed by atoms with Gasteiger partial charge < -0.3 is 14.2 Å². The van der Waals surface area contributed by atoms with Crippen LogP contribution < -0.4 is 11.2 Å². The first-order valence-corrected chi connectivity index (χ1v) is 14.5. The molecule has 1 fully saturated rings. The Bertz CT molecular complexity index is 1760. The smallest absolute Gasteiger partial charge is 0.340 e. The minimum absolute atomic E-state index is 0.0479. The van der Waals surface area contributed by atoms with Gasteiger partial charge in [-0.3, -0.25) is 18.5 Å². The molecule has 0 saturated carbocycles. The summed E-state index contributed by atoms with van der Waals surface area (Å²) in [6, 6.07) is 24.5. The molecule has 0 radical (unpaired) electrons. The normalized spacial score (nSPS) is 17.5. The van der Waals surface area contributed by atoms with Crippen molar-refractivity contribution in [2.24, 2.45) is 0 Å². The zero-order valence-electron chi connectivity index (χ0n) is 24.3. The summed E-state index contributed by atoms with van der Waals surface area (Å²) >= 11 is 0. The van der Waals surface area contributed by atoms with E-state index in [0.29, 0.717) is 16.6 Å². The molecule has 45 heavy (non-hydrogen) atoms. The van der Waals surface area contributed by atoms with E-state index < -0.39 is 54.2 Å². The number of hydrogen-bond donors (Lipinski definition) is 0. The lowest BCUT2D eigenvalue weighted by Crippen LogP contribution is -2.46. The maximum atomic E-state index is 13.8. The standard InChI is InChI=1S/C34H31FN2O8/c35-19-11-10-18-26-21-36(34(42)37(31(26)39)30(38)23-12-4-1-5-13-23)29-20-27(45-33(41)25-16-8-3-9-17-25)28(44-29)22-43-32(40)24-14-6-2-7-15-24/h1-9,12-17,21,27-29H,10-11,18-20,22H2/t27-,28+,29+/m0/s1. The number of nitrogens with zero attached hydrogens (tertiary/aromatic N) is 2. The van der Waals surface area contributed by atoms with Crippen LogP contribution >= 0.6 is 0 Å². The maximum Gasteiger partial charge on any atom is 0.340 e.